The largest absolute Gasteiger partial charge is 0.370 e. The number of hydrogen-bond acceptors (Lipinski definition) is 3. The summed E-state index contributed by atoms with van der Waals surface area (Å²) in [7, 11) is 0. The molecule has 2 aromatic rings. The summed E-state index contributed by atoms with van der Waals surface area (Å²) in [4.78, 5) is 4.24. The Kier molecular flexibility index (Phi) is 5.39. The third-order valence-corrected chi connectivity index (χ3v) is 3.54. The molecule has 0 amide bonds. The van der Waals surface area contributed by atoms with E-state index < -0.39 is 0 Å². The van der Waals surface area contributed by atoms with Gasteiger partial charge in [-0.1, -0.05) is 39.5 Å². The molecule has 0 spiro atoms. The predicted octanol–water partition coefficient (Wildman–Crippen LogP) is 4.06. The predicted molar refractivity (Wildman–Crippen MR) is 84.1 cm³/mol. The second kappa shape index (κ2) is 7.27. The number of anilines is 1. The molecule has 0 aliphatic rings. The van der Waals surface area contributed by atoms with Crippen molar-refractivity contribution in [3.05, 3.63) is 24.0 Å². The van der Waals surface area contributed by atoms with Crippen LogP contribution in [0.25, 0.3) is 5.65 Å². The lowest BCUT2D eigenvalue weighted by Gasteiger charge is -2.09. The van der Waals surface area contributed by atoms with E-state index in [9.17, 15) is 0 Å². The Bertz CT molecular complexity index is 530. The van der Waals surface area contributed by atoms with Crippen molar-refractivity contribution in [3.63, 3.8) is 0 Å². The Morgan fingerprint density at radius 1 is 1.15 bits per heavy atom. The zero-order chi connectivity index (χ0) is 14.4. The SMILES string of the molecule is Cc1cc(NCCCCCCC(C)C)n2ncnc2c1. The number of hydrogen-bond donors (Lipinski definition) is 1. The van der Waals surface area contributed by atoms with Gasteiger partial charge in [0.1, 0.15) is 12.1 Å². The van der Waals surface area contributed by atoms with Crippen molar-refractivity contribution in [2.45, 2.75) is 52.9 Å². The van der Waals surface area contributed by atoms with Crippen molar-refractivity contribution in [2.75, 3.05) is 11.9 Å². The summed E-state index contributed by atoms with van der Waals surface area (Å²) < 4.78 is 1.87. The van der Waals surface area contributed by atoms with Crippen molar-refractivity contribution >= 4 is 11.5 Å². The number of rotatable bonds is 8. The van der Waals surface area contributed by atoms with Crippen LogP contribution in [0.15, 0.2) is 18.5 Å². The number of nitrogens with one attached hydrogen (secondary N) is 1. The van der Waals surface area contributed by atoms with E-state index in [0.29, 0.717) is 0 Å². The van der Waals surface area contributed by atoms with Crippen LogP contribution in [0, 0.1) is 12.8 Å². The molecule has 4 heteroatoms. The van der Waals surface area contributed by atoms with Gasteiger partial charge in [-0.3, -0.25) is 0 Å². The van der Waals surface area contributed by atoms with E-state index in [-0.39, 0.29) is 0 Å². The van der Waals surface area contributed by atoms with Gasteiger partial charge in [-0.15, -0.1) is 0 Å². The fraction of sp³-hybridized carbons (Fsp3) is 0.625. The normalized spacial score (nSPS) is 11.4. The summed E-state index contributed by atoms with van der Waals surface area (Å²) in [5.41, 5.74) is 2.12. The van der Waals surface area contributed by atoms with Gasteiger partial charge < -0.3 is 5.32 Å². The van der Waals surface area contributed by atoms with Crippen LogP contribution in [0.3, 0.4) is 0 Å². The molecule has 2 rings (SSSR count). The standard InChI is InChI=1S/C16H26N4/c1-13(2)8-6-4-5-7-9-17-15-10-14(3)11-16-18-12-19-20(15)16/h10-13,17H,4-9H2,1-3H3. The molecule has 0 bridgehead atoms. The topological polar surface area (TPSA) is 42.2 Å². The molecule has 0 atom stereocenters. The number of nitrogens with zero attached hydrogens (tertiary/aromatic N) is 3. The molecule has 0 aromatic carbocycles. The average molecular weight is 274 g/mol. The number of pyridine rings is 1. The minimum Gasteiger partial charge on any atom is -0.370 e. The monoisotopic (exact) mass is 274 g/mol. The fourth-order valence-corrected chi connectivity index (χ4v) is 2.43. The summed E-state index contributed by atoms with van der Waals surface area (Å²) in [5, 5.41) is 7.73. The van der Waals surface area contributed by atoms with Gasteiger partial charge in [0.05, 0.1) is 0 Å². The molecule has 0 aliphatic carbocycles. The van der Waals surface area contributed by atoms with Gasteiger partial charge in [0, 0.05) is 6.54 Å². The zero-order valence-corrected chi connectivity index (χ0v) is 12.9. The highest BCUT2D eigenvalue weighted by Gasteiger charge is 2.03. The van der Waals surface area contributed by atoms with Gasteiger partial charge in [-0.25, -0.2) is 4.98 Å². The average Bonchev–Trinajstić information content (AvgIpc) is 2.85. The first-order valence-corrected chi connectivity index (χ1v) is 7.71. The number of aryl methyl sites for hydroxylation is 1. The lowest BCUT2D eigenvalue weighted by atomic mass is 10.0. The first-order chi connectivity index (χ1) is 9.66. The van der Waals surface area contributed by atoms with Crippen LogP contribution in [0.4, 0.5) is 5.82 Å². The van der Waals surface area contributed by atoms with Crippen LogP contribution in [-0.4, -0.2) is 21.1 Å². The van der Waals surface area contributed by atoms with Gasteiger partial charge in [-0.2, -0.15) is 9.61 Å². The Morgan fingerprint density at radius 2 is 1.95 bits per heavy atom. The molecular formula is C16H26N4. The lowest BCUT2D eigenvalue weighted by Crippen LogP contribution is -2.07. The number of fused-ring (bicyclic) bond motifs is 1. The summed E-state index contributed by atoms with van der Waals surface area (Å²) in [6, 6.07) is 4.17. The maximum Gasteiger partial charge on any atom is 0.157 e. The number of unbranched alkanes of at least 4 members (excludes halogenated alkanes) is 3. The molecule has 2 aromatic heterocycles. The Hall–Kier alpha value is -1.58. The van der Waals surface area contributed by atoms with Gasteiger partial charge in [-0.05, 0) is 37.0 Å². The third kappa shape index (κ3) is 4.22. The van der Waals surface area contributed by atoms with Crippen molar-refractivity contribution < 1.29 is 0 Å². The maximum absolute atomic E-state index is 4.25. The minimum atomic E-state index is 0.834. The van der Waals surface area contributed by atoms with Crippen molar-refractivity contribution in [3.8, 4) is 0 Å². The smallest absolute Gasteiger partial charge is 0.157 e. The first kappa shape index (κ1) is 14.8. The first-order valence-electron chi connectivity index (χ1n) is 7.71. The van der Waals surface area contributed by atoms with Gasteiger partial charge in [0.15, 0.2) is 5.65 Å². The molecule has 20 heavy (non-hydrogen) atoms. The molecule has 110 valence electrons. The van der Waals surface area contributed by atoms with Gasteiger partial charge >= 0.3 is 0 Å². The van der Waals surface area contributed by atoms with Crippen LogP contribution in [0.1, 0.15) is 51.5 Å². The Labute approximate surface area is 121 Å². The van der Waals surface area contributed by atoms with Crippen LogP contribution < -0.4 is 5.32 Å². The van der Waals surface area contributed by atoms with Crippen LogP contribution in [0.2, 0.25) is 0 Å². The molecule has 0 radical (unpaired) electrons. The van der Waals surface area contributed by atoms with E-state index in [1.807, 2.05) is 10.6 Å². The lowest BCUT2D eigenvalue weighted by molar-refractivity contribution is 0.523. The quantitative estimate of drug-likeness (QED) is 0.738. The summed E-state index contributed by atoms with van der Waals surface area (Å²) in [6.45, 7) is 7.68. The molecule has 0 saturated heterocycles. The molecular weight excluding hydrogens is 248 g/mol. The molecule has 0 saturated carbocycles. The molecule has 2 heterocycles. The van der Waals surface area contributed by atoms with E-state index in [1.54, 1.807) is 6.33 Å². The summed E-state index contributed by atoms with van der Waals surface area (Å²) >= 11 is 0. The van der Waals surface area contributed by atoms with Crippen LogP contribution in [0.5, 0.6) is 0 Å². The third-order valence-electron chi connectivity index (χ3n) is 3.54. The van der Waals surface area contributed by atoms with Crippen molar-refractivity contribution in [1.29, 1.82) is 0 Å². The minimum absolute atomic E-state index is 0.834. The molecule has 0 aliphatic heterocycles. The zero-order valence-electron chi connectivity index (χ0n) is 12.9. The highest BCUT2D eigenvalue weighted by atomic mass is 15.3. The highest BCUT2D eigenvalue weighted by Crippen LogP contribution is 2.14. The second-order valence-corrected chi connectivity index (χ2v) is 5.97. The summed E-state index contributed by atoms with van der Waals surface area (Å²) in [5.74, 6) is 1.88. The van der Waals surface area contributed by atoms with Crippen LogP contribution >= 0.6 is 0 Å². The Morgan fingerprint density at radius 3 is 2.75 bits per heavy atom. The van der Waals surface area contributed by atoms with E-state index >= 15 is 0 Å². The molecule has 4 nitrogen and oxygen atoms in total. The van der Waals surface area contributed by atoms with E-state index in [1.165, 1.54) is 37.7 Å². The summed E-state index contributed by atoms with van der Waals surface area (Å²) in [6.07, 6.45) is 8.16. The second-order valence-electron chi connectivity index (χ2n) is 5.97. The highest BCUT2D eigenvalue weighted by molar-refractivity contribution is 5.51. The fourth-order valence-electron chi connectivity index (χ4n) is 2.43. The Balaban J connectivity index is 1.74. The molecule has 0 unspecified atom stereocenters. The van der Waals surface area contributed by atoms with Crippen LogP contribution in [-0.2, 0) is 0 Å². The van der Waals surface area contributed by atoms with Gasteiger partial charge in [0.25, 0.3) is 0 Å². The van der Waals surface area contributed by atoms with Crippen molar-refractivity contribution in [2.24, 2.45) is 5.92 Å². The molecule has 0 fully saturated rings. The van der Waals surface area contributed by atoms with E-state index in [2.05, 4.69) is 42.2 Å². The number of aromatic nitrogens is 3. The van der Waals surface area contributed by atoms with E-state index in [4.69, 9.17) is 0 Å². The van der Waals surface area contributed by atoms with E-state index in [0.717, 1.165) is 23.9 Å². The molecule has 1 N–H and O–H groups in total. The van der Waals surface area contributed by atoms with Crippen molar-refractivity contribution in [1.82, 2.24) is 14.6 Å². The van der Waals surface area contributed by atoms with Gasteiger partial charge in [0.2, 0.25) is 0 Å². The maximum atomic E-state index is 4.25.